The summed E-state index contributed by atoms with van der Waals surface area (Å²) in [5.41, 5.74) is 9.61. The molecule has 2 rings (SSSR count). The van der Waals surface area contributed by atoms with Gasteiger partial charge >= 0.3 is 0 Å². The van der Waals surface area contributed by atoms with E-state index in [-0.39, 0.29) is 0 Å². The van der Waals surface area contributed by atoms with E-state index in [1.54, 1.807) is 6.20 Å². The van der Waals surface area contributed by atoms with Crippen molar-refractivity contribution in [3.8, 4) is 0 Å². The topological polar surface area (TPSA) is 38.9 Å². The van der Waals surface area contributed by atoms with Gasteiger partial charge in [-0.15, -0.1) is 5.47 Å². The highest BCUT2D eigenvalue weighted by Crippen LogP contribution is 2.23. The van der Waals surface area contributed by atoms with Crippen LogP contribution in [0.3, 0.4) is 0 Å². The molecule has 4 heteroatoms. The molecule has 0 bridgehead atoms. The van der Waals surface area contributed by atoms with Crippen molar-refractivity contribution in [1.82, 2.24) is 4.98 Å². The lowest BCUT2D eigenvalue weighted by Gasteiger charge is -2.06. The molecule has 16 heavy (non-hydrogen) atoms. The highest BCUT2D eigenvalue weighted by atomic mass is 14.7. The maximum absolute atomic E-state index is 6.01. The number of benzene rings is 1. The molecule has 1 heterocycles. The van der Waals surface area contributed by atoms with E-state index >= 15 is 0 Å². The van der Waals surface area contributed by atoms with Crippen LogP contribution in [0.1, 0.15) is 12.5 Å². The molecule has 0 saturated heterocycles. The van der Waals surface area contributed by atoms with Gasteiger partial charge in [0.25, 0.3) is 0 Å². The Morgan fingerprint density at radius 3 is 2.88 bits per heavy atom. The highest BCUT2D eigenvalue weighted by molar-refractivity contribution is 6.33. The third kappa shape index (κ3) is 1.96. The van der Waals surface area contributed by atoms with Gasteiger partial charge < -0.3 is 5.73 Å². The maximum Gasteiger partial charge on any atom is 0.115 e. The second-order valence-electron chi connectivity index (χ2n) is 3.80. The van der Waals surface area contributed by atoms with Gasteiger partial charge in [-0.2, -0.15) is 0 Å². The largest absolute Gasteiger partial charge is 0.396 e. The van der Waals surface area contributed by atoms with Crippen molar-refractivity contribution in [2.45, 2.75) is 6.92 Å². The van der Waals surface area contributed by atoms with Gasteiger partial charge in [-0.1, -0.05) is 36.7 Å². The van der Waals surface area contributed by atoms with Gasteiger partial charge in [0, 0.05) is 11.6 Å². The van der Waals surface area contributed by atoms with Crippen LogP contribution in [0.5, 0.6) is 0 Å². The zero-order valence-corrected chi connectivity index (χ0v) is 9.07. The van der Waals surface area contributed by atoms with E-state index in [2.05, 4.69) is 4.98 Å². The van der Waals surface area contributed by atoms with Crippen molar-refractivity contribution < 1.29 is 0 Å². The van der Waals surface area contributed by atoms with E-state index in [1.165, 1.54) is 0 Å². The molecular weight excluding hydrogens is 194 g/mol. The normalized spacial score (nSPS) is 11.9. The number of rotatable bonds is 1. The van der Waals surface area contributed by atoms with Crippen molar-refractivity contribution >= 4 is 43.8 Å². The smallest absolute Gasteiger partial charge is 0.115 e. The van der Waals surface area contributed by atoms with Crippen LogP contribution in [-0.4, -0.2) is 20.7 Å². The predicted molar refractivity (Wildman–Crippen MR) is 70.9 cm³/mol. The Kier molecular flexibility index (Phi) is 2.73. The molecular formula is C12H10B2N2. The van der Waals surface area contributed by atoms with Crippen LogP contribution in [0.2, 0.25) is 0 Å². The van der Waals surface area contributed by atoms with E-state index in [0.29, 0.717) is 16.6 Å². The molecule has 1 aromatic carbocycles. The molecule has 0 saturated carbocycles. The zero-order chi connectivity index (χ0) is 11.7. The second kappa shape index (κ2) is 4.05. The van der Waals surface area contributed by atoms with Gasteiger partial charge in [0.1, 0.15) is 15.7 Å². The van der Waals surface area contributed by atoms with E-state index in [4.69, 9.17) is 21.4 Å². The Morgan fingerprint density at radius 1 is 1.44 bits per heavy atom. The Bertz CT molecular complexity index is 572. The molecule has 4 radical (unpaired) electrons. The number of nitrogens with two attached hydrogens (primary N) is 1. The van der Waals surface area contributed by atoms with E-state index < -0.39 is 0 Å². The number of nitrogen functional groups attached to an aromatic ring is 1. The standard InChI is InChI=1S/C12H10B2N2/c1-7(13)4-8-2-3-9-5-10(14)6-16-12(9)11(8)15/h2-6H,15H2,1H3/b7-4+. The van der Waals surface area contributed by atoms with Crippen LogP contribution in [0.15, 0.2) is 29.9 Å². The van der Waals surface area contributed by atoms with Crippen molar-refractivity contribution in [1.29, 1.82) is 0 Å². The maximum atomic E-state index is 6.01. The van der Waals surface area contributed by atoms with E-state index in [9.17, 15) is 0 Å². The zero-order valence-electron chi connectivity index (χ0n) is 9.07. The summed E-state index contributed by atoms with van der Waals surface area (Å²) < 4.78 is 0. The SMILES string of the molecule is [B]/C(C)=C/c1ccc2cc([B])cnc2c1N. The van der Waals surface area contributed by atoms with Crippen LogP contribution in [0.4, 0.5) is 5.69 Å². The Balaban J connectivity index is 2.70. The van der Waals surface area contributed by atoms with Gasteiger partial charge in [0.05, 0.1) is 11.2 Å². The number of anilines is 1. The summed E-state index contributed by atoms with van der Waals surface area (Å²) in [6.07, 6.45) is 3.42. The minimum absolute atomic E-state index is 0.627. The molecule has 2 N–H and O–H groups in total. The summed E-state index contributed by atoms with van der Waals surface area (Å²) in [6.45, 7) is 1.82. The number of hydrogen-bond donors (Lipinski definition) is 1. The van der Waals surface area contributed by atoms with Gasteiger partial charge in [0.2, 0.25) is 0 Å². The minimum atomic E-state index is 0.627. The molecule has 0 aliphatic rings. The first kappa shape index (κ1) is 10.8. The van der Waals surface area contributed by atoms with Crippen molar-refractivity contribution in [3.63, 3.8) is 0 Å². The second-order valence-corrected chi connectivity index (χ2v) is 3.80. The molecule has 0 aliphatic heterocycles. The lowest BCUT2D eigenvalue weighted by atomic mass is 9.93. The summed E-state index contributed by atoms with van der Waals surface area (Å²) in [4.78, 5) is 4.23. The quantitative estimate of drug-likeness (QED) is 0.558. The number of fused-ring (bicyclic) bond motifs is 1. The van der Waals surface area contributed by atoms with E-state index in [0.717, 1.165) is 16.5 Å². The summed E-state index contributed by atoms with van der Waals surface area (Å²) in [5.74, 6) is 0. The van der Waals surface area contributed by atoms with Crippen LogP contribution in [0, 0.1) is 0 Å². The molecule has 2 nitrogen and oxygen atoms in total. The Morgan fingerprint density at radius 2 is 2.19 bits per heavy atom. The molecule has 0 unspecified atom stereocenters. The van der Waals surface area contributed by atoms with Crippen LogP contribution >= 0.6 is 0 Å². The van der Waals surface area contributed by atoms with Crippen molar-refractivity contribution in [2.75, 3.05) is 5.73 Å². The first-order chi connectivity index (χ1) is 7.58. The van der Waals surface area contributed by atoms with Gasteiger partial charge in [-0.3, -0.25) is 4.98 Å². The third-order valence-corrected chi connectivity index (χ3v) is 2.33. The predicted octanol–water partition coefficient (Wildman–Crippen LogP) is 1.14. The highest BCUT2D eigenvalue weighted by Gasteiger charge is 2.03. The fourth-order valence-corrected chi connectivity index (χ4v) is 1.63. The first-order valence-corrected chi connectivity index (χ1v) is 4.95. The van der Waals surface area contributed by atoms with Crippen LogP contribution < -0.4 is 11.2 Å². The summed E-state index contributed by atoms with van der Waals surface area (Å²) in [6, 6.07) is 5.69. The lowest BCUT2D eigenvalue weighted by Crippen LogP contribution is -2.04. The monoisotopic (exact) mass is 204 g/mol. The van der Waals surface area contributed by atoms with E-state index in [1.807, 2.05) is 31.2 Å². The number of allylic oxidation sites excluding steroid dienone is 1. The Hall–Kier alpha value is -1.70. The molecule has 74 valence electrons. The fraction of sp³-hybridized carbons (Fsp3) is 0.0833. The number of nitrogens with zero attached hydrogens (tertiary/aromatic N) is 1. The molecule has 0 fully saturated rings. The summed E-state index contributed by atoms with van der Waals surface area (Å²) in [7, 11) is 11.3. The molecule has 0 atom stereocenters. The average Bonchev–Trinajstić information content (AvgIpc) is 2.22. The number of pyridine rings is 1. The molecule has 0 spiro atoms. The van der Waals surface area contributed by atoms with Gasteiger partial charge in [0.15, 0.2) is 0 Å². The summed E-state index contributed by atoms with van der Waals surface area (Å²) in [5, 5.41) is 0.935. The molecule has 1 aromatic heterocycles. The number of aromatic nitrogens is 1. The van der Waals surface area contributed by atoms with Gasteiger partial charge in [-0.25, -0.2) is 0 Å². The molecule has 0 aliphatic carbocycles. The molecule has 0 amide bonds. The molecule has 2 aromatic rings. The van der Waals surface area contributed by atoms with Crippen molar-refractivity contribution in [3.05, 3.63) is 35.4 Å². The first-order valence-electron chi connectivity index (χ1n) is 4.95. The lowest BCUT2D eigenvalue weighted by molar-refractivity contribution is 1.43. The number of hydrogen-bond acceptors (Lipinski definition) is 2. The van der Waals surface area contributed by atoms with Crippen LogP contribution in [0.25, 0.3) is 17.0 Å². The Labute approximate surface area is 97.4 Å². The third-order valence-electron chi connectivity index (χ3n) is 2.33. The minimum Gasteiger partial charge on any atom is -0.396 e. The average molecular weight is 204 g/mol. The van der Waals surface area contributed by atoms with Crippen molar-refractivity contribution in [2.24, 2.45) is 0 Å². The van der Waals surface area contributed by atoms with Crippen LogP contribution in [-0.2, 0) is 0 Å². The fourth-order valence-electron chi connectivity index (χ4n) is 1.63. The van der Waals surface area contributed by atoms with Gasteiger partial charge in [-0.05, 0) is 5.56 Å². The summed E-state index contributed by atoms with van der Waals surface area (Å²) >= 11 is 0.